The Morgan fingerprint density at radius 1 is 1.18 bits per heavy atom. The average Bonchev–Trinajstić information content (AvgIpc) is 2.34. The Morgan fingerprint density at radius 2 is 1.94 bits per heavy atom. The third-order valence-corrected chi connectivity index (χ3v) is 2.38. The van der Waals surface area contributed by atoms with Gasteiger partial charge in [0, 0.05) is 17.8 Å². The van der Waals surface area contributed by atoms with Crippen LogP contribution in [-0.4, -0.2) is 23.4 Å². The summed E-state index contributed by atoms with van der Waals surface area (Å²) in [4.78, 5) is 11.1. The minimum atomic E-state index is -0.593. The molecular weight excluding hydrogens is 222 g/mol. The van der Waals surface area contributed by atoms with E-state index in [1.54, 1.807) is 24.3 Å². The molecule has 3 N–H and O–H groups in total. The molecule has 2 aromatic rings. The van der Waals surface area contributed by atoms with Crippen molar-refractivity contribution in [2.75, 3.05) is 7.05 Å². The molecule has 5 heteroatoms. The minimum Gasteiger partial charge on any atom is -0.504 e. The van der Waals surface area contributed by atoms with Crippen molar-refractivity contribution in [3.05, 3.63) is 30.3 Å². The number of hydrogen-bond donors (Lipinski definition) is 3. The number of benzene rings is 2. The van der Waals surface area contributed by atoms with Crippen molar-refractivity contribution in [3.8, 4) is 17.2 Å². The van der Waals surface area contributed by atoms with Crippen molar-refractivity contribution in [1.29, 1.82) is 0 Å². The van der Waals surface area contributed by atoms with E-state index in [1.165, 1.54) is 13.1 Å². The number of phenolic OH excluding ortho intramolecular Hbond substituents is 2. The number of aromatic hydroxyl groups is 2. The van der Waals surface area contributed by atoms with Crippen LogP contribution in [0.25, 0.3) is 10.8 Å². The highest BCUT2D eigenvalue weighted by Gasteiger charge is 2.10. The second-order valence-electron chi connectivity index (χ2n) is 3.42. The molecule has 0 aliphatic rings. The molecule has 0 radical (unpaired) electrons. The van der Waals surface area contributed by atoms with Gasteiger partial charge in [-0.05, 0) is 18.2 Å². The van der Waals surface area contributed by atoms with Gasteiger partial charge in [0.05, 0.1) is 0 Å². The Labute approximate surface area is 97.3 Å². The van der Waals surface area contributed by atoms with E-state index in [0.717, 1.165) is 0 Å². The van der Waals surface area contributed by atoms with Crippen molar-refractivity contribution in [3.63, 3.8) is 0 Å². The number of hydrogen-bond acceptors (Lipinski definition) is 4. The van der Waals surface area contributed by atoms with Gasteiger partial charge in [0.2, 0.25) is 0 Å². The van der Waals surface area contributed by atoms with Crippen molar-refractivity contribution >= 4 is 16.9 Å². The third kappa shape index (κ3) is 1.94. The van der Waals surface area contributed by atoms with Crippen LogP contribution in [-0.2, 0) is 0 Å². The predicted octanol–water partition coefficient (Wildman–Crippen LogP) is 1.97. The quantitative estimate of drug-likeness (QED) is 0.658. The maximum atomic E-state index is 11.1. The van der Waals surface area contributed by atoms with E-state index < -0.39 is 6.09 Å². The Bertz CT molecular complexity index is 580. The first-order valence-electron chi connectivity index (χ1n) is 4.96. The summed E-state index contributed by atoms with van der Waals surface area (Å²) in [5.74, 6) is -0.128. The van der Waals surface area contributed by atoms with E-state index in [-0.39, 0.29) is 11.5 Å². The second-order valence-corrected chi connectivity index (χ2v) is 3.42. The molecule has 0 heterocycles. The van der Waals surface area contributed by atoms with Gasteiger partial charge in [0.25, 0.3) is 0 Å². The molecular formula is C12H11NO4. The molecule has 0 aliphatic carbocycles. The van der Waals surface area contributed by atoms with Gasteiger partial charge in [-0.1, -0.05) is 12.1 Å². The number of rotatable bonds is 1. The van der Waals surface area contributed by atoms with E-state index in [9.17, 15) is 15.0 Å². The van der Waals surface area contributed by atoms with Crippen LogP contribution in [0.3, 0.4) is 0 Å². The summed E-state index contributed by atoms with van der Waals surface area (Å²) in [5, 5.41) is 22.3. The van der Waals surface area contributed by atoms with Crippen LogP contribution in [0.2, 0.25) is 0 Å². The molecule has 2 aromatic carbocycles. The zero-order valence-corrected chi connectivity index (χ0v) is 9.10. The molecule has 0 aromatic heterocycles. The highest BCUT2D eigenvalue weighted by atomic mass is 16.6. The summed E-state index contributed by atoms with van der Waals surface area (Å²) >= 11 is 0. The number of carbonyl (C=O) groups is 1. The molecule has 0 saturated heterocycles. The van der Waals surface area contributed by atoms with Gasteiger partial charge in [0.1, 0.15) is 5.75 Å². The molecule has 0 fully saturated rings. The number of nitrogens with one attached hydrogen (secondary N) is 1. The fraction of sp³-hybridized carbons (Fsp3) is 0.0833. The molecule has 5 nitrogen and oxygen atoms in total. The van der Waals surface area contributed by atoms with Gasteiger partial charge in [0.15, 0.2) is 11.5 Å². The van der Waals surface area contributed by atoms with Crippen LogP contribution in [0, 0.1) is 0 Å². The molecule has 0 unspecified atom stereocenters. The van der Waals surface area contributed by atoms with Gasteiger partial charge in [-0.3, -0.25) is 0 Å². The van der Waals surface area contributed by atoms with Crippen LogP contribution in [0.5, 0.6) is 17.2 Å². The highest BCUT2D eigenvalue weighted by Crippen LogP contribution is 2.37. The lowest BCUT2D eigenvalue weighted by atomic mass is 10.1. The smallest absolute Gasteiger partial charge is 0.412 e. The summed E-state index contributed by atoms with van der Waals surface area (Å²) in [5.41, 5.74) is 0. The Hall–Kier alpha value is -2.43. The summed E-state index contributed by atoms with van der Waals surface area (Å²) in [7, 11) is 1.46. The summed E-state index contributed by atoms with van der Waals surface area (Å²) < 4.78 is 5.03. The lowest BCUT2D eigenvalue weighted by Gasteiger charge is -2.08. The Balaban J connectivity index is 2.58. The van der Waals surface area contributed by atoms with E-state index in [0.29, 0.717) is 16.5 Å². The molecule has 0 bridgehead atoms. The van der Waals surface area contributed by atoms with Crippen LogP contribution in [0.15, 0.2) is 30.3 Å². The fourth-order valence-corrected chi connectivity index (χ4v) is 1.54. The van der Waals surface area contributed by atoms with Gasteiger partial charge in [-0.15, -0.1) is 0 Å². The maximum absolute atomic E-state index is 11.1. The average molecular weight is 233 g/mol. The SMILES string of the molecule is CNC(=O)Oc1cccc2c(O)c(O)ccc12. The zero-order valence-electron chi connectivity index (χ0n) is 9.10. The van der Waals surface area contributed by atoms with Crippen molar-refractivity contribution < 1.29 is 19.7 Å². The highest BCUT2D eigenvalue weighted by molar-refractivity contribution is 5.95. The van der Waals surface area contributed by atoms with Crippen LogP contribution < -0.4 is 10.1 Å². The van der Waals surface area contributed by atoms with E-state index in [4.69, 9.17) is 4.74 Å². The molecule has 1 amide bonds. The molecule has 0 aliphatic heterocycles. The number of fused-ring (bicyclic) bond motifs is 1. The largest absolute Gasteiger partial charge is 0.504 e. The van der Waals surface area contributed by atoms with E-state index in [1.807, 2.05) is 0 Å². The Morgan fingerprint density at radius 3 is 2.65 bits per heavy atom. The number of carbonyl (C=O) groups excluding carboxylic acids is 1. The molecule has 0 spiro atoms. The van der Waals surface area contributed by atoms with Crippen molar-refractivity contribution in [1.82, 2.24) is 5.32 Å². The van der Waals surface area contributed by atoms with Gasteiger partial charge in [-0.2, -0.15) is 0 Å². The fourth-order valence-electron chi connectivity index (χ4n) is 1.54. The normalized spacial score (nSPS) is 10.2. The van der Waals surface area contributed by atoms with Crippen LogP contribution >= 0.6 is 0 Å². The molecule has 0 saturated carbocycles. The lowest BCUT2D eigenvalue weighted by molar-refractivity contribution is 0.203. The maximum Gasteiger partial charge on any atom is 0.412 e. The first kappa shape index (κ1) is 11.1. The second kappa shape index (κ2) is 4.21. The topological polar surface area (TPSA) is 78.8 Å². The number of ether oxygens (including phenoxy) is 1. The summed E-state index contributed by atoms with van der Waals surface area (Å²) in [6, 6.07) is 7.77. The summed E-state index contributed by atoms with van der Waals surface area (Å²) in [6.07, 6.45) is -0.593. The molecule has 17 heavy (non-hydrogen) atoms. The van der Waals surface area contributed by atoms with Gasteiger partial charge in [-0.25, -0.2) is 4.79 Å². The Kier molecular flexibility index (Phi) is 2.74. The number of amides is 1. The summed E-state index contributed by atoms with van der Waals surface area (Å²) in [6.45, 7) is 0. The molecule has 2 rings (SSSR count). The van der Waals surface area contributed by atoms with Gasteiger partial charge >= 0.3 is 6.09 Å². The minimum absolute atomic E-state index is 0.213. The molecule has 88 valence electrons. The van der Waals surface area contributed by atoms with Crippen LogP contribution in [0.1, 0.15) is 0 Å². The van der Waals surface area contributed by atoms with Crippen molar-refractivity contribution in [2.24, 2.45) is 0 Å². The van der Waals surface area contributed by atoms with E-state index in [2.05, 4.69) is 5.32 Å². The third-order valence-electron chi connectivity index (χ3n) is 2.38. The molecule has 0 atom stereocenters. The van der Waals surface area contributed by atoms with Crippen LogP contribution in [0.4, 0.5) is 4.79 Å². The lowest BCUT2D eigenvalue weighted by Crippen LogP contribution is -2.22. The first-order valence-corrected chi connectivity index (χ1v) is 4.96. The van der Waals surface area contributed by atoms with E-state index >= 15 is 0 Å². The standard InChI is InChI=1S/C12H11NO4/c1-13-12(16)17-10-4-2-3-8-7(10)5-6-9(14)11(8)15/h2-6,14-15H,1H3,(H,13,16). The number of phenols is 2. The predicted molar refractivity (Wildman–Crippen MR) is 62.4 cm³/mol. The first-order chi connectivity index (χ1) is 8.13. The van der Waals surface area contributed by atoms with Crippen molar-refractivity contribution in [2.45, 2.75) is 0 Å². The van der Waals surface area contributed by atoms with Gasteiger partial charge < -0.3 is 20.3 Å². The zero-order chi connectivity index (χ0) is 12.4. The monoisotopic (exact) mass is 233 g/mol.